The number of benzene rings is 3. The first-order valence-corrected chi connectivity index (χ1v) is 11.3. The van der Waals surface area contributed by atoms with E-state index < -0.39 is 41.5 Å². The molecule has 3 aromatic rings. The average molecular weight is 497 g/mol. The number of ether oxygens (including phenoxy) is 2. The van der Waals surface area contributed by atoms with Crippen LogP contribution in [0.2, 0.25) is 0 Å². The Labute approximate surface area is 206 Å². The van der Waals surface area contributed by atoms with E-state index in [4.69, 9.17) is 4.74 Å². The highest BCUT2D eigenvalue weighted by Crippen LogP contribution is 2.44. The van der Waals surface area contributed by atoms with E-state index in [-0.39, 0.29) is 31.1 Å². The molecule has 0 fully saturated rings. The van der Waals surface area contributed by atoms with Crippen LogP contribution in [-0.4, -0.2) is 48.6 Å². The summed E-state index contributed by atoms with van der Waals surface area (Å²) < 4.78 is 38.0. The van der Waals surface area contributed by atoms with Crippen LogP contribution in [0.25, 0.3) is 11.1 Å². The molecule has 4 rings (SSSR count). The van der Waals surface area contributed by atoms with Crippen LogP contribution >= 0.6 is 0 Å². The van der Waals surface area contributed by atoms with Crippen molar-refractivity contribution in [2.24, 2.45) is 0 Å². The van der Waals surface area contributed by atoms with Crippen LogP contribution in [0.5, 0.6) is 0 Å². The number of halogens is 2. The summed E-state index contributed by atoms with van der Waals surface area (Å²) in [6, 6.07) is 17.4. The Balaban J connectivity index is 1.30. The summed E-state index contributed by atoms with van der Waals surface area (Å²) in [5, 5.41) is 23.0. The second-order valence-corrected chi connectivity index (χ2v) is 8.40. The highest BCUT2D eigenvalue weighted by Gasteiger charge is 2.29. The number of aliphatic hydroxyl groups excluding tert-OH is 2. The normalized spacial score (nSPS) is 13.9. The lowest BCUT2D eigenvalue weighted by Crippen LogP contribution is -2.30. The van der Waals surface area contributed by atoms with E-state index in [1.54, 1.807) is 0 Å². The molecule has 1 aliphatic carbocycles. The smallest absolute Gasteiger partial charge is 0.407 e. The van der Waals surface area contributed by atoms with E-state index in [9.17, 15) is 28.6 Å². The predicted octanol–water partition coefficient (Wildman–Crippen LogP) is 4.07. The van der Waals surface area contributed by atoms with Crippen LogP contribution < -0.4 is 5.32 Å². The maximum atomic E-state index is 14.1. The minimum Gasteiger partial charge on any atom is -0.465 e. The fourth-order valence-electron chi connectivity index (χ4n) is 4.41. The minimum absolute atomic E-state index is 0.0554. The number of methoxy groups -OCH3 is 1. The summed E-state index contributed by atoms with van der Waals surface area (Å²) in [4.78, 5) is 23.7. The number of alkyl carbamates (subject to hydrolysis) is 1. The molecule has 0 saturated heterocycles. The second-order valence-electron chi connectivity index (χ2n) is 8.40. The third kappa shape index (κ3) is 5.07. The third-order valence-corrected chi connectivity index (χ3v) is 6.21. The van der Waals surface area contributed by atoms with Crippen molar-refractivity contribution in [2.45, 2.75) is 24.5 Å². The molecule has 36 heavy (non-hydrogen) atoms. The van der Waals surface area contributed by atoms with E-state index >= 15 is 0 Å². The average Bonchev–Trinajstić information content (AvgIpc) is 3.20. The SMILES string of the molecule is COC(=O)c1c(F)cc(C(O)C(O)CCNC(=O)OCC2c3ccccc3-c3ccccc32)cc1F. The topological polar surface area (TPSA) is 105 Å². The highest BCUT2D eigenvalue weighted by molar-refractivity contribution is 5.90. The van der Waals surface area contributed by atoms with E-state index in [0.29, 0.717) is 0 Å². The summed E-state index contributed by atoms with van der Waals surface area (Å²) >= 11 is 0. The number of carbonyl (C=O) groups is 2. The molecular weight excluding hydrogens is 472 g/mol. The summed E-state index contributed by atoms with van der Waals surface area (Å²) in [5.41, 5.74) is 3.20. The van der Waals surface area contributed by atoms with E-state index in [1.807, 2.05) is 48.5 Å². The lowest BCUT2D eigenvalue weighted by molar-refractivity contribution is 0.0133. The Morgan fingerprint density at radius 1 is 0.972 bits per heavy atom. The molecule has 0 aromatic heterocycles. The Hall–Kier alpha value is -3.82. The molecule has 0 saturated carbocycles. The van der Waals surface area contributed by atoms with Gasteiger partial charge in [0.05, 0.1) is 13.2 Å². The van der Waals surface area contributed by atoms with Gasteiger partial charge in [0.2, 0.25) is 0 Å². The molecule has 9 heteroatoms. The Morgan fingerprint density at radius 3 is 2.08 bits per heavy atom. The fourth-order valence-corrected chi connectivity index (χ4v) is 4.41. The van der Waals surface area contributed by atoms with Gasteiger partial charge in [0, 0.05) is 12.5 Å². The van der Waals surface area contributed by atoms with E-state index in [0.717, 1.165) is 41.5 Å². The molecule has 0 bridgehead atoms. The van der Waals surface area contributed by atoms with Gasteiger partial charge >= 0.3 is 12.1 Å². The zero-order chi connectivity index (χ0) is 25.8. The molecule has 2 unspecified atom stereocenters. The lowest BCUT2D eigenvalue weighted by atomic mass is 9.98. The number of aliphatic hydroxyl groups is 2. The number of carbonyl (C=O) groups excluding carboxylic acids is 2. The summed E-state index contributed by atoms with van der Waals surface area (Å²) in [6.07, 6.45) is -3.90. The largest absolute Gasteiger partial charge is 0.465 e. The fraction of sp³-hybridized carbons (Fsp3) is 0.259. The highest BCUT2D eigenvalue weighted by atomic mass is 19.1. The first-order valence-electron chi connectivity index (χ1n) is 11.3. The molecule has 1 amide bonds. The number of hydrogen-bond donors (Lipinski definition) is 3. The van der Waals surface area contributed by atoms with Gasteiger partial charge in [-0.05, 0) is 46.4 Å². The van der Waals surface area contributed by atoms with Gasteiger partial charge in [-0.1, -0.05) is 48.5 Å². The lowest BCUT2D eigenvalue weighted by Gasteiger charge is -2.19. The van der Waals surface area contributed by atoms with Gasteiger partial charge in [-0.3, -0.25) is 0 Å². The van der Waals surface area contributed by atoms with Gasteiger partial charge < -0.3 is 25.0 Å². The van der Waals surface area contributed by atoms with Gasteiger partial charge in [-0.15, -0.1) is 0 Å². The van der Waals surface area contributed by atoms with Crippen molar-refractivity contribution in [1.29, 1.82) is 0 Å². The van der Waals surface area contributed by atoms with Gasteiger partial charge in [0.25, 0.3) is 0 Å². The maximum Gasteiger partial charge on any atom is 0.407 e. The minimum atomic E-state index is -1.65. The first-order chi connectivity index (χ1) is 17.3. The summed E-state index contributed by atoms with van der Waals surface area (Å²) in [6.45, 7) is 0.0657. The molecule has 7 nitrogen and oxygen atoms in total. The van der Waals surface area contributed by atoms with Crippen LogP contribution in [0.1, 0.15) is 45.5 Å². The molecule has 0 aliphatic heterocycles. The number of amides is 1. The molecule has 188 valence electrons. The number of rotatable bonds is 8. The Morgan fingerprint density at radius 2 is 1.53 bits per heavy atom. The molecule has 1 aliphatic rings. The molecular formula is C27H25F2NO6. The van der Waals surface area contributed by atoms with Gasteiger partial charge in [-0.25, -0.2) is 18.4 Å². The van der Waals surface area contributed by atoms with Crippen molar-refractivity contribution in [3.05, 3.63) is 94.6 Å². The van der Waals surface area contributed by atoms with Crippen LogP contribution in [-0.2, 0) is 9.47 Å². The van der Waals surface area contributed by atoms with Crippen LogP contribution in [0, 0.1) is 11.6 Å². The van der Waals surface area contributed by atoms with Crippen molar-refractivity contribution in [2.75, 3.05) is 20.3 Å². The summed E-state index contributed by atoms with van der Waals surface area (Å²) in [7, 11) is 0.983. The summed E-state index contributed by atoms with van der Waals surface area (Å²) in [5.74, 6) is -3.74. The molecule has 3 N–H and O–H groups in total. The Kier molecular flexibility index (Phi) is 7.61. The number of esters is 1. The first kappa shape index (κ1) is 25.3. The van der Waals surface area contributed by atoms with Crippen LogP contribution in [0.15, 0.2) is 60.7 Å². The van der Waals surface area contributed by atoms with E-state index in [1.165, 1.54) is 0 Å². The Bertz CT molecular complexity index is 1210. The van der Waals surface area contributed by atoms with Crippen molar-refractivity contribution in [1.82, 2.24) is 5.32 Å². The van der Waals surface area contributed by atoms with Crippen molar-refractivity contribution in [3.8, 4) is 11.1 Å². The maximum absolute atomic E-state index is 14.1. The molecule has 2 atom stereocenters. The van der Waals surface area contributed by atoms with Crippen LogP contribution in [0.3, 0.4) is 0 Å². The van der Waals surface area contributed by atoms with Gasteiger partial charge in [0.1, 0.15) is 29.9 Å². The van der Waals surface area contributed by atoms with Crippen molar-refractivity contribution < 1.29 is 38.1 Å². The third-order valence-electron chi connectivity index (χ3n) is 6.21. The number of fused-ring (bicyclic) bond motifs is 3. The van der Waals surface area contributed by atoms with Gasteiger partial charge in [-0.2, -0.15) is 0 Å². The molecule has 0 radical (unpaired) electrons. The predicted molar refractivity (Wildman–Crippen MR) is 126 cm³/mol. The number of nitrogens with one attached hydrogen (secondary N) is 1. The van der Waals surface area contributed by atoms with Crippen molar-refractivity contribution >= 4 is 12.1 Å². The molecule has 0 spiro atoms. The van der Waals surface area contributed by atoms with E-state index in [2.05, 4.69) is 10.1 Å². The zero-order valence-electron chi connectivity index (χ0n) is 19.4. The second kappa shape index (κ2) is 10.8. The molecule has 0 heterocycles. The monoisotopic (exact) mass is 497 g/mol. The molecule has 3 aromatic carbocycles. The van der Waals surface area contributed by atoms with Gasteiger partial charge in [0.15, 0.2) is 0 Å². The quantitative estimate of drug-likeness (QED) is 0.405. The standard InChI is InChI=1S/C27H25F2NO6/c1-35-26(33)24-21(28)12-15(13-22(24)29)25(32)23(31)10-11-30-27(34)36-14-20-18-8-4-2-6-16(18)17-7-3-5-9-19(17)20/h2-9,12-13,20,23,25,31-32H,10-11,14H2,1H3,(H,30,34). The number of hydrogen-bond acceptors (Lipinski definition) is 6. The van der Waals surface area contributed by atoms with Crippen molar-refractivity contribution in [3.63, 3.8) is 0 Å². The van der Waals surface area contributed by atoms with Crippen LogP contribution in [0.4, 0.5) is 13.6 Å². The zero-order valence-corrected chi connectivity index (χ0v) is 19.4.